The lowest BCUT2D eigenvalue weighted by molar-refractivity contribution is 0.0776. The second-order valence-corrected chi connectivity index (χ2v) is 4.97. The van der Waals surface area contributed by atoms with Gasteiger partial charge < -0.3 is 9.42 Å². The fraction of sp³-hybridized carbons (Fsp3) is 0.200. The van der Waals surface area contributed by atoms with Crippen molar-refractivity contribution in [3.63, 3.8) is 0 Å². The van der Waals surface area contributed by atoms with Crippen molar-refractivity contribution in [2.45, 2.75) is 6.54 Å². The largest absolute Gasteiger partial charge is 0.364 e. The molecule has 0 saturated heterocycles. The van der Waals surface area contributed by atoms with E-state index >= 15 is 0 Å². The molecule has 0 N–H and O–H groups in total. The first-order valence-electron chi connectivity index (χ1n) is 6.68. The van der Waals surface area contributed by atoms with Gasteiger partial charge in [-0.15, -0.1) is 0 Å². The van der Waals surface area contributed by atoms with Crippen LogP contribution in [0.3, 0.4) is 0 Å². The van der Waals surface area contributed by atoms with Crippen LogP contribution in [0.25, 0.3) is 10.8 Å². The molecule has 1 amide bonds. The Morgan fingerprint density at radius 3 is 2.68 bits per heavy atom. The number of hydrogen-bond acceptors (Lipinski definition) is 5. The van der Waals surface area contributed by atoms with Crippen LogP contribution in [0.2, 0.25) is 0 Å². The first kappa shape index (κ1) is 14.0. The highest BCUT2D eigenvalue weighted by Gasteiger charge is 2.19. The van der Waals surface area contributed by atoms with Gasteiger partial charge in [0.25, 0.3) is 11.5 Å². The number of carbonyl (C=O) groups is 1. The lowest BCUT2D eigenvalue weighted by Gasteiger charge is -2.16. The van der Waals surface area contributed by atoms with Gasteiger partial charge in [0.2, 0.25) is 0 Å². The predicted molar refractivity (Wildman–Crippen MR) is 79.3 cm³/mol. The van der Waals surface area contributed by atoms with Gasteiger partial charge in [-0.1, -0.05) is 23.4 Å². The summed E-state index contributed by atoms with van der Waals surface area (Å²) in [5, 5.41) is 8.92. The van der Waals surface area contributed by atoms with Gasteiger partial charge in [0, 0.05) is 25.5 Å². The van der Waals surface area contributed by atoms with Gasteiger partial charge in [-0.25, -0.2) is 4.68 Å². The Kier molecular flexibility index (Phi) is 3.46. The van der Waals surface area contributed by atoms with Crippen LogP contribution in [0.5, 0.6) is 0 Å². The van der Waals surface area contributed by atoms with Crippen molar-refractivity contribution in [2.24, 2.45) is 7.05 Å². The Bertz CT molecular complexity index is 883. The standard InChI is InChI=1S/C15H14N4O3/c1-18(9-10-7-8-22-17-10)15(21)13-11-5-3-4-6-12(11)14(20)19(2)16-13/h3-8H,9H2,1-2H3. The molecule has 3 rings (SSSR count). The zero-order valence-corrected chi connectivity index (χ0v) is 12.2. The molecule has 2 aromatic heterocycles. The summed E-state index contributed by atoms with van der Waals surface area (Å²) in [6.07, 6.45) is 1.45. The lowest BCUT2D eigenvalue weighted by Crippen LogP contribution is -2.31. The van der Waals surface area contributed by atoms with Crippen molar-refractivity contribution in [2.75, 3.05) is 7.05 Å². The molecule has 22 heavy (non-hydrogen) atoms. The van der Waals surface area contributed by atoms with Crippen LogP contribution in [0, 0.1) is 0 Å². The number of aryl methyl sites for hydroxylation is 1. The molecule has 2 heterocycles. The summed E-state index contributed by atoms with van der Waals surface area (Å²) in [5.41, 5.74) is 0.653. The van der Waals surface area contributed by atoms with E-state index < -0.39 is 0 Å². The second kappa shape index (κ2) is 5.44. The molecule has 0 atom stereocenters. The summed E-state index contributed by atoms with van der Waals surface area (Å²) in [7, 11) is 3.18. The fourth-order valence-electron chi connectivity index (χ4n) is 2.27. The molecule has 0 aliphatic rings. The maximum Gasteiger partial charge on any atom is 0.275 e. The van der Waals surface area contributed by atoms with Gasteiger partial charge >= 0.3 is 0 Å². The molecule has 3 aromatic rings. The summed E-state index contributed by atoms with van der Waals surface area (Å²) in [4.78, 5) is 26.2. The number of carbonyl (C=O) groups excluding carboxylic acids is 1. The van der Waals surface area contributed by atoms with Crippen LogP contribution in [-0.2, 0) is 13.6 Å². The van der Waals surface area contributed by atoms with Gasteiger partial charge in [-0.2, -0.15) is 5.10 Å². The quantitative estimate of drug-likeness (QED) is 0.725. The van der Waals surface area contributed by atoms with E-state index in [0.717, 1.165) is 0 Å². The average molecular weight is 298 g/mol. The van der Waals surface area contributed by atoms with Crippen LogP contribution in [0.15, 0.2) is 45.9 Å². The molecule has 0 radical (unpaired) electrons. The van der Waals surface area contributed by atoms with E-state index in [4.69, 9.17) is 4.52 Å². The Morgan fingerprint density at radius 2 is 2.00 bits per heavy atom. The van der Waals surface area contributed by atoms with Crippen molar-refractivity contribution in [1.82, 2.24) is 19.8 Å². The minimum absolute atomic E-state index is 0.230. The summed E-state index contributed by atoms with van der Waals surface area (Å²) in [6.45, 7) is 0.300. The van der Waals surface area contributed by atoms with E-state index in [-0.39, 0.29) is 17.2 Å². The highest BCUT2D eigenvalue weighted by atomic mass is 16.5. The third-order valence-electron chi connectivity index (χ3n) is 3.40. The molecule has 0 aliphatic carbocycles. The van der Waals surface area contributed by atoms with E-state index in [2.05, 4.69) is 10.3 Å². The SMILES string of the molecule is CN(Cc1ccon1)C(=O)c1nn(C)c(=O)c2ccccc12. The maximum atomic E-state index is 12.6. The Balaban J connectivity index is 2.04. The summed E-state index contributed by atoms with van der Waals surface area (Å²) in [6, 6.07) is 8.64. The first-order chi connectivity index (χ1) is 10.6. The third kappa shape index (κ3) is 2.37. The topological polar surface area (TPSA) is 81.2 Å². The smallest absolute Gasteiger partial charge is 0.275 e. The van der Waals surface area contributed by atoms with Gasteiger partial charge in [-0.3, -0.25) is 9.59 Å². The fourth-order valence-corrected chi connectivity index (χ4v) is 2.27. The second-order valence-electron chi connectivity index (χ2n) is 4.97. The number of fused-ring (bicyclic) bond motifs is 1. The molecule has 1 aromatic carbocycles. The van der Waals surface area contributed by atoms with Gasteiger partial charge in [0.05, 0.1) is 11.9 Å². The molecule has 0 spiro atoms. The van der Waals surface area contributed by atoms with Crippen molar-refractivity contribution in [3.8, 4) is 0 Å². The van der Waals surface area contributed by atoms with E-state index in [9.17, 15) is 9.59 Å². The predicted octanol–water partition coefficient (Wildman–Crippen LogP) is 1.19. The van der Waals surface area contributed by atoms with Gasteiger partial charge in [0.15, 0.2) is 5.69 Å². The van der Waals surface area contributed by atoms with E-state index in [1.54, 1.807) is 37.4 Å². The number of amides is 1. The van der Waals surface area contributed by atoms with Crippen LogP contribution >= 0.6 is 0 Å². The molecule has 0 unspecified atom stereocenters. The Morgan fingerprint density at radius 1 is 1.27 bits per heavy atom. The van der Waals surface area contributed by atoms with Crippen molar-refractivity contribution in [3.05, 3.63) is 58.3 Å². The lowest BCUT2D eigenvalue weighted by atomic mass is 10.1. The monoisotopic (exact) mass is 298 g/mol. The zero-order valence-electron chi connectivity index (χ0n) is 12.2. The van der Waals surface area contributed by atoms with Gasteiger partial charge in [-0.05, 0) is 6.07 Å². The molecule has 0 fully saturated rings. The summed E-state index contributed by atoms with van der Waals surface area (Å²) in [5.74, 6) is -0.283. The van der Waals surface area contributed by atoms with Crippen LogP contribution < -0.4 is 5.56 Å². The zero-order chi connectivity index (χ0) is 15.7. The van der Waals surface area contributed by atoms with E-state index in [1.165, 1.54) is 22.9 Å². The van der Waals surface area contributed by atoms with Crippen molar-refractivity contribution >= 4 is 16.7 Å². The average Bonchev–Trinajstić information content (AvgIpc) is 3.03. The number of aromatic nitrogens is 3. The number of benzene rings is 1. The van der Waals surface area contributed by atoms with Crippen LogP contribution in [-0.4, -0.2) is 32.8 Å². The summed E-state index contributed by atoms with van der Waals surface area (Å²) < 4.78 is 5.94. The van der Waals surface area contributed by atoms with Crippen molar-refractivity contribution in [1.29, 1.82) is 0 Å². The Hall–Kier alpha value is -2.96. The normalized spacial score (nSPS) is 10.8. The highest BCUT2D eigenvalue weighted by Crippen LogP contribution is 2.15. The number of rotatable bonds is 3. The molecule has 0 bridgehead atoms. The first-order valence-corrected chi connectivity index (χ1v) is 6.68. The molecule has 0 aliphatic heterocycles. The molecular formula is C15H14N4O3. The van der Waals surface area contributed by atoms with E-state index in [1.807, 2.05) is 0 Å². The molecular weight excluding hydrogens is 284 g/mol. The minimum Gasteiger partial charge on any atom is -0.364 e. The van der Waals surface area contributed by atoms with Gasteiger partial charge in [0.1, 0.15) is 12.0 Å². The number of nitrogens with zero attached hydrogens (tertiary/aromatic N) is 4. The molecule has 0 saturated carbocycles. The number of hydrogen-bond donors (Lipinski definition) is 0. The van der Waals surface area contributed by atoms with E-state index in [0.29, 0.717) is 23.0 Å². The van der Waals surface area contributed by atoms with Crippen LogP contribution in [0.1, 0.15) is 16.2 Å². The third-order valence-corrected chi connectivity index (χ3v) is 3.40. The van der Waals surface area contributed by atoms with Crippen LogP contribution in [0.4, 0.5) is 0 Å². The van der Waals surface area contributed by atoms with Crippen molar-refractivity contribution < 1.29 is 9.32 Å². The molecule has 7 heteroatoms. The summed E-state index contributed by atoms with van der Waals surface area (Å²) >= 11 is 0. The molecule has 112 valence electrons. The molecule has 7 nitrogen and oxygen atoms in total. The Labute approximate surface area is 125 Å². The highest BCUT2D eigenvalue weighted by molar-refractivity contribution is 6.04. The minimum atomic E-state index is -0.283. The maximum absolute atomic E-state index is 12.6.